The monoisotopic (exact) mass is 377 g/mol. The predicted octanol–water partition coefficient (Wildman–Crippen LogP) is 3.94. The topological polar surface area (TPSA) is 45.6 Å². The lowest BCUT2D eigenvalue weighted by atomic mass is 10.2. The summed E-state index contributed by atoms with van der Waals surface area (Å²) in [5.41, 5.74) is 3.06. The molecule has 0 aliphatic heterocycles. The van der Waals surface area contributed by atoms with Crippen molar-refractivity contribution in [1.29, 1.82) is 0 Å². The first-order valence-electron chi connectivity index (χ1n) is 9.54. The van der Waals surface area contributed by atoms with Crippen LogP contribution in [0.5, 0.6) is 0 Å². The number of benzene rings is 2. The summed E-state index contributed by atoms with van der Waals surface area (Å²) < 4.78 is 1.72. The molecule has 1 heterocycles. The lowest BCUT2D eigenvalue weighted by molar-refractivity contribution is -0.116. The van der Waals surface area contributed by atoms with Gasteiger partial charge in [0.2, 0.25) is 5.91 Å². The van der Waals surface area contributed by atoms with Gasteiger partial charge >= 0.3 is 0 Å². The molecule has 3 aromatic rings. The van der Waals surface area contributed by atoms with Gasteiger partial charge in [-0.1, -0.05) is 36.4 Å². The van der Waals surface area contributed by atoms with Crippen LogP contribution in [0.2, 0.25) is 0 Å². The van der Waals surface area contributed by atoms with Crippen LogP contribution in [-0.2, 0) is 4.79 Å². The van der Waals surface area contributed by atoms with Crippen LogP contribution in [0.3, 0.4) is 0 Å². The van der Waals surface area contributed by atoms with E-state index in [-0.39, 0.29) is 11.8 Å². The minimum atomic E-state index is -0.0858. The lowest BCUT2D eigenvalue weighted by Gasteiger charge is -2.23. The number of carbonyl (C=O) groups excluding carboxylic acids is 2. The third-order valence-electron chi connectivity index (χ3n) is 4.94. The lowest BCUT2D eigenvalue weighted by Crippen LogP contribution is -2.32. The van der Waals surface area contributed by atoms with Crippen molar-refractivity contribution < 1.29 is 9.59 Å². The van der Waals surface area contributed by atoms with Gasteiger partial charge in [0.25, 0.3) is 5.91 Å². The molecule has 0 saturated heterocycles. The molecule has 1 aromatic heterocycles. The first kappa shape index (κ1) is 19.8. The highest BCUT2D eigenvalue weighted by atomic mass is 16.2. The van der Waals surface area contributed by atoms with E-state index in [9.17, 15) is 9.59 Å². The summed E-state index contributed by atoms with van der Waals surface area (Å²) in [6.07, 6.45) is 0.859. The molecule has 146 valence electrons. The first-order valence-corrected chi connectivity index (χ1v) is 9.54. The number of carbonyl (C=O) groups is 2. The van der Waals surface area contributed by atoms with E-state index in [2.05, 4.69) is 4.90 Å². The fourth-order valence-corrected chi connectivity index (χ4v) is 3.63. The summed E-state index contributed by atoms with van der Waals surface area (Å²) in [6, 6.07) is 17.0. The SMILES string of the molecule is CC(=O)N(CCCN(C)C)c1c(C)n(C(=O)c2ccccc2)c2ccccc12. The number of hydrogen-bond acceptors (Lipinski definition) is 3. The van der Waals surface area contributed by atoms with Gasteiger partial charge in [-0.15, -0.1) is 0 Å². The molecule has 0 atom stereocenters. The molecule has 0 bridgehead atoms. The summed E-state index contributed by atoms with van der Waals surface area (Å²) in [7, 11) is 4.04. The van der Waals surface area contributed by atoms with Crippen molar-refractivity contribution in [3.8, 4) is 0 Å². The number of anilines is 1. The molecular formula is C23H27N3O2. The number of hydrogen-bond donors (Lipinski definition) is 0. The van der Waals surface area contributed by atoms with E-state index in [1.807, 2.05) is 75.6 Å². The molecule has 0 aliphatic carbocycles. The number of fused-ring (bicyclic) bond motifs is 1. The maximum Gasteiger partial charge on any atom is 0.262 e. The Morgan fingerprint density at radius 2 is 1.57 bits per heavy atom. The molecule has 5 heteroatoms. The fraction of sp³-hybridized carbons (Fsp3) is 0.304. The summed E-state index contributed by atoms with van der Waals surface area (Å²) >= 11 is 0. The number of amides is 1. The van der Waals surface area contributed by atoms with Gasteiger partial charge in [0.05, 0.1) is 11.2 Å². The van der Waals surface area contributed by atoms with E-state index in [0.717, 1.165) is 35.2 Å². The van der Waals surface area contributed by atoms with E-state index in [1.54, 1.807) is 16.4 Å². The molecule has 28 heavy (non-hydrogen) atoms. The Morgan fingerprint density at radius 3 is 2.21 bits per heavy atom. The quantitative estimate of drug-likeness (QED) is 0.654. The standard InChI is InChI=1S/C23H27N3O2/c1-17-22(25(18(2)27)16-10-15-24(3)4)20-13-8-9-14-21(20)26(17)23(28)19-11-6-5-7-12-19/h5-9,11-14H,10,15-16H2,1-4H3. The fourth-order valence-electron chi connectivity index (χ4n) is 3.63. The van der Waals surface area contributed by atoms with Crippen LogP contribution < -0.4 is 4.90 Å². The minimum Gasteiger partial charge on any atom is -0.310 e. The molecule has 3 rings (SSSR count). The summed E-state index contributed by atoms with van der Waals surface area (Å²) in [5.74, 6) is -0.103. The van der Waals surface area contributed by atoms with Crippen molar-refractivity contribution in [2.75, 3.05) is 32.1 Å². The molecule has 0 aliphatic rings. The Hall–Kier alpha value is -2.92. The Morgan fingerprint density at radius 1 is 0.929 bits per heavy atom. The van der Waals surface area contributed by atoms with Crippen LogP contribution >= 0.6 is 0 Å². The molecule has 0 radical (unpaired) electrons. The van der Waals surface area contributed by atoms with Crippen molar-refractivity contribution >= 4 is 28.4 Å². The molecule has 0 unspecified atom stereocenters. The van der Waals surface area contributed by atoms with Gasteiger partial charge in [-0.3, -0.25) is 14.2 Å². The van der Waals surface area contributed by atoms with E-state index >= 15 is 0 Å². The number of rotatable bonds is 6. The molecule has 0 saturated carbocycles. The largest absolute Gasteiger partial charge is 0.310 e. The highest BCUT2D eigenvalue weighted by Gasteiger charge is 2.24. The van der Waals surface area contributed by atoms with Crippen molar-refractivity contribution in [2.45, 2.75) is 20.3 Å². The van der Waals surface area contributed by atoms with E-state index < -0.39 is 0 Å². The van der Waals surface area contributed by atoms with Crippen LogP contribution in [0.4, 0.5) is 5.69 Å². The van der Waals surface area contributed by atoms with Crippen LogP contribution in [0.15, 0.2) is 54.6 Å². The summed E-state index contributed by atoms with van der Waals surface area (Å²) in [4.78, 5) is 29.6. The molecule has 2 aromatic carbocycles. The number of para-hydroxylation sites is 1. The smallest absolute Gasteiger partial charge is 0.262 e. The van der Waals surface area contributed by atoms with Gasteiger partial charge in [0.1, 0.15) is 0 Å². The second-order valence-corrected chi connectivity index (χ2v) is 7.29. The third-order valence-corrected chi connectivity index (χ3v) is 4.94. The van der Waals surface area contributed by atoms with Crippen molar-refractivity contribution in [3.63, 3.8) is 0 Å². The van der Waals surface area contributed by atoms with Crippen molar-refractivity contribution in [3.05, 3.63) is 65.9 Å². The predicted molar refractivity (Wildman–Crippen MR) is 114 cm³/mol. The maximum atomic E-state index is 13.2. The highest BCUT2D eigenvalue weighted by Crippen LogP contribution is 2.34. The summed E-state index contributed by atoms with van der Waals surface area (Å²) in [6.45, 7) is 5.00. The third kappa shape index (κ3) is 3.85. The highest BCUT2D eigenvalue weighted by molar-refractivity contribution is 6.10. The van der Waals surface area contributed by atoms with Gasteiger partial charge in [0.15, 0.2) is 0 Å². The Bertz CT molecular complexity index is 990. The molecule has 5 nitrogen and oxygen atoms in total. The van der Waals surface area contributed by atoms with Gasteiger partial charge in [-0.25, -0.2) is 0 Å². The zero-order chi connectivity index (χ0) is 20.3. The second kappa shape index (κ2) is 8.40. The van der Waals surface area contributed by atoms with E-state index in [0.29, 0.717) is 12.1 Å². The first-order chi connectivity index (χ1) is 13.4. The van der Waals surface area contributed by atoms with Crippen LogP contribution in [-0.4, -0.2) is 48.5 Å². The number of aromatic nitrogens is 1. The van der Waals surface area contributed by atoms with E-state index in [4.69, 9.17) is 0 Å². The molecule has 1 amide bonds. The Labute approximate surface area is 166 Å². The van der Waals surface area contributed by atoms with Crippen LogP contribution in [0.25, 0.3) is 10.9 Å². The van der Waals surface area contributed by atoms with E-state index in [1.165, 1.54) is 0 Å². The van der Waals surface area contributed by atoms with Gasteiger partial charge in [-0.05, 0) is 52.2 Å². The molecule has 0 fully saturated rings. The van der Waals surface area contributed by atoms with Gasteiger partial charge in [0, 0.05) is 30.1 Å². The van der Waals surface area contributed by atoms with Crippen molar-refractivity contribution in [1.82, 2.24) is 9.47 Å². The molecule has 0 spiro atoms. The Balaban J connectivity index is 2.12. The van der Waals surface area contributed by atoms with Crippen molar-refractivity contribution in [2.24, 2.45) is 0 Å². The normalized spacial score (nSPS) is 11.2. The van der Waals surface area contributed by atoms with Gasteiger partial charge in [-0.2, -0.15) is 0 Å². The zero-order valence-electron chi connectivity index (χ0n) is 17.0. The zero-order valence-corrected chi connectivity index (χ0v) is 17.0. The maximum absolute atomic E-state index is 13.2. The summed E-state index contributed by atoms with van der Waals surface area (Å²) in [5, 5.41) is 0.921. The second-order valence-electron chi connectivity index (χ2n) is 7.29. The average molecular weight is 377 g/mol. The van der Waals surface area contributed by atoms with Gasteiger partial charge < -0.3 is 9.80 Å². The average Bonchev–Trinajstić information content (AvgIpc) is 2.97. The van der Waals surface area contributed by atoms with Crippen LogP contribution in [0, 0.1) is 6.92 Å². The van der Waals surface area contributed by atoms with Crippen LogP contribution in [0.1, 0.15) is 29.4 Å². The molecular weight excluding hydrogens is 350 g/mol. The Kier molecular flexibility index (Phi) is 5.95. The molecule has 0 N–H and O–H groups in total. The number of nitrogens with zero attached hydrogens (tertiary/aromatic N) is 3. The minimum absolute atomic E-state index is 0.0167.